The van der Waals surface area contributed by atoms with Crippen LogP contribution >= 0.6 is 12.2 Å². The smallest absolute Gasteiger partial charge is 0.338 e. The molecule has 0 radical (unpaired) electrons. The van der Waals surface area contributed by atoms with Crippen molar-refractivity contribution in [3.05, 3.63) is 29.8 Å². The third kappa shape index (κ3) is 6.71. The van der Waals surface area contributed by atoms with Crippen molar-refractivity contribution in [2.45, 2.75) is 13.8 Å². The highest BCUT2D eigenvalue weighted by Gasteiger charge is 2.05. The number of carbonyl (C=O) groups is 2. The molecular formula is C14H19N3O3S. The molecular weight excluding hydrogens is 290 g/mol. The minimum atomic E-state index is -0.347. The zero-order chi connectivity index (χ0) is 15.7. The first kappa shape index (κ1) is 16.9. The number of hydrogen-bond donors (Lipinski definition) is 3. The van der Waals surface area contributed by atoms with Gasteiger partial charge in [0.2, 0.25) is 5.91 Å². The Bertz CT molecular complexity index is 503. The van der Waals surface area contributed by atoms with E-state index in [9.17, 15) is 9.59 Å². The fourth-order valence-corrected chi connectivity index (χ4v) is 1.71. The van der Waals surface area contributed by atoms with Crippen molar-refractivity contribution in [1.82, 2.24) is 10.6 Å². The lowest BCUT2D eigenvalue weighted by atomic mass is 10.2. The summed E-state index contributed by atoms with van der Waals surface area (Å²) in [5.74, 6) is -0.426. The van der Waals surface area contributed by atoms with Crippen molar-refractivity contribution in [2.75, 3.05) is 25.0 Å². The molecule has 3 N–H and O–H groups in total. The zero-order valence-electron chi connectivity index (χ0n) is 12.1. The Kier molecular flexibility index (Phi) is 7.17. The number of benzene rings is 1. The van der Waals surface area contributed by atoms with Crippen LogP contribution in [0.25, 0.3) is 0 Å². The van der Waals surface area contributed by atoms with Gasteiger partial charge >= 0.3 is 5.97 Å². The maximum Gasteiger partial charge on any atom is 0.338 e. The molecule has 6 nitrogen and oxygen atoms in total. The van der Waals surface area contributed by atoms with Crippen molar-refractivity contribution in [3.63, 3.8) is 0 Å². The lowest BCUT2D eigenvalue weighted by Crippen LogP contribution is -2.35. The zero-order valence-corrected chi connectivity index (χ0v) is 12.9. The van der Waals surface area contributed by atoms with Gasteiger partial charge in [-0.25, -0.2) is 4.79 Å². The number of ether oxygens (including phenoxy) is 1. The molecule has 1 aromatic rings. The van der Waals surface area contributed by atoms with Gasteiger partial charge in [-0.05, 0) is 43.4 Å². The van der Waals surface area contributed by atoms with E-state index in [0.717, 1.165) is 5.69 Å². The number of rotatable bonds is 6. The molecule has 0 aliphatic heterocycles. The Morgan fingerprint density at radius 3 is 2.33 bits per heavy atom. The van der Waals surface area contributed by atoms with Gasteiger partial charge in [0.05, 0.1) is 12.2 Å². The second-order valence-corrected chi connectivity index (χ2v) is 4.57. The van der Waals surface area contributed by atoms with Gasteiger partial charge in [-0.1, -0.05) is 0 Å². The number of esters is 1. The third-order valence-corrected chi connectivity index (χ3v) is 2.68. The van der Waals surface area contributed by atoms with Crippen LogP contribution in [0.15, 0.2) is 24.3 Å². The number of nitrogens with one attached hydrogen (secondary N) is 3. The van der Waals surface area contributed by atoms with Gasteiger partial charge in [0.25, 0.3) is 0 Å². The van der Waals surface area contributed by atoms with Gasteiger partial charge in [0.1, 0.15) is 0 Å². The summed E-state index contributed by atoms with van der Waals surface area (Å²) in [6.45, 7) is 4.60. The molecule has 114 valence electrons. The van der Waals surface area contributed by atoms with Crippen LogP contribution in [0.5, 0.6) is 0 Å². The Morgan fingerprint density at radius 2 is 1.76 bits per heavy atom. The minimum Gasteiger partial charge on any atom is -0.462 e. The Hall–Kier alpha value is -2.15. The van der Waals surface area contributed by atoms with Gasteiger partial charge < -0.3 is 20.7 Å². The Morgan fingerprint density at radius 1 is 1.14 bits per heavy atom. The highest BCUT2D eigenvalue weighted by atomic mass is 32.1. The van der Waals surface area contributed by atoms with Crippen molar-refractivity contribution >= 4 is 34.9 Å². The van der Waals surface area contributed by atoms with E-state index < -0.39 is 0 Å². The molecule has 1 amide bonds. The summed E-state index contributed by atoms with van der Waals surface area (Å²) in [6.07, 6.45) is 0. The van der Waals surface area contributed by atoms with Crippen LogP contribution in [-0.2, 0) is 9.53 Å². The van der Waals surface area contributed by atoms with Crippen LogP contribution < -0.4 is 16.0 Å². The Labute approximate surface area is 129 Å². The number of amides is 1. The molecule has 0 saturated heterocycles. The number of hydrogen-bond acceptors (Lipinski definition) is 4. The topological polar surface area (TPSA) is 79.5 Å². The van der Waals surface area contributed by atoms with E-state index in [4.69, 9.17) is 17.0 Å². The van der Waals surface area contributed by atoms with Gasteiger partial charge in [0, 0.05) is 25.7 Å². The molecule has 0 unspecified atom stereocenters. The van der Waals surface area contributed by atoms with Gasteiger partial charge in [-0.3, -0.25) is 4.79 Å². The molecule has 0 aliphatic rings. The van der Waals surface area contributed by atoms with Crippen LogP contribution in [0, 0.1) is 0 Å². The predicted octanol–water partition coefficient (Wildman–Crippen LogP) is 1.29. The number of thiocarbonyl (C=S) groups is 1. The molecule has 0 bridgehead atoms. The van der Waals surface area contributed by atoms with Gasteiger partial charge in [-0.15, -0.1) is 0 Å². The van der Waals surface area contributed by atoms with Gasteiger partial charge in [0.15, 0.2) is 5.11 Å². The first-order valence-electron chi connectivity index (χ1n) is 6.59. The second kappa shape index (κ2) is 8.91. The molecule has 0 fully saturated rings. The van der Waals surface area contributed by atoms with Crippen LogP contribution in [0.2, 0.25) is 0 Å². The van der Waals surface area contributed by atoms with E-state index in [-0.39, 0.29) is 11.9 Å². The van der Waals surface area contributed by atoms with E-state index in [0.29, 0.717) is 30.4 Å². The lowest BCUT2D eigenvalue weighted by molar-refractivity contribution is -0.118. The summed E-state index contributed by atoms with van der Waals surface area (Å²) in [7, 11) is 0. The normalized spacial score (nSPS) is 9.62. The average molecular weight is 309 g/mol. The molecule has 0 atom stereocenters. The standard InChI is InChI=1S/C14H19N3O3S/c1-3-20-13(19)11-4-6-12(7-5-11)17-14(21)16-9-8-15-10(2)18/h4-7H,3,8-9H2,1-2H3,(H,15,18)(H2,16,17,21). The van der Waals surface area contributed by atoms with Crippen LogP contribution in [-0.4, -0.2) is 36.7 Å². The fraction of sp³-hybridized carbons (Fsp3) is 0.357. The molecule has 7 heteroatoms. The van der Waals surface area contributed by atoms with Crippen molar-refractivity contribution in [3.8, 4) is 0 Å². The summed E-state index contributed by atoms with van der Waals surface area (Å²) in [5.41, 5.74) is 1.26. The molecule has 0 aliphatic carbocycles. The van der Waals surface area contributed by atoms with Crippen molar-refractivity contribution in [1.29, 1.82) is 0 Å². The Balaban J connectivity index is 2.39. The molecule has 0 heterocycles. The van der Waals surface area contributed by atoms with E-state index >= 15 is 0 Å². The summed E-state index contributed by atoms with van der Waals surface area (Å²) in [5, 5.41) is 9.05. The summed E-state index contributed by atoms with van der Waals surface area (Å²) >= 11 is 5.11. The minimum absolute atomic E-state index is 0.0785. The summed E-state index contributed by atoms with van der Waals surface area (Å²) < 4.78 is 4.90. The van der Waals surface area contributed by atoms with E-state index in [1.165, 1.54) is 6.92 Å². The molecule has 1 rings (SSSR count). The van der Waals surface area contributed by atoms with Gasteiger partial charge in [-0.2, -0.15) is 0 Å². The van der Waals surface area contributed by atoms with E-state index in [2.05, 4.69) is 16.0 Å². The third-order valence-electron chi connectivity index (χ3n) is 2.44. The van der Waals surface area contributed by atoms with Crippen LogP contribution in [0.4, 0.5) is 5.69 Å². The van der Waals surface area contributed by atoms with E-state index in [1.54, 1.807) is 31.2 Å². The second-order valence-electron chi connectivity index (χ2n) is 4.16. The highest BCUT2D eigenvalue weighted by Crippen LogP contribution is 2.10. The molecule has 21 heavy (non-hydrogen) atoms. The number of carbonyl (C=O) groups excluding carboxylic acids is 2. The molecule has 0 aromatic heterocycles. The monoisotopic (exact) mass is 309 g/mol. The number of anilines is 1. The SMILES string of the molecule is CCOC(=O)c1ccc(NC(=S)NCCNC(C)=O)cc1. The molecule has 0 saturated carbocycles. The first-order chi connectivity index (χ1) is 10.0. The van der Waals surface area contributed by atoms with Crippen molar-refractivity contribution < 1.29 is 14.3 Å². The largest absolute Gasteiger partial charge is 0.462 e. The predicted molar refractivity (Wildman–Crippen MR) is 85.3 cm³/mol. The lowest BCUT2D eigenvalue weighted by Gasteiger charge is -2.11. The molecule has 0 spiro atoms. The maximum atomic E-state index is 11.5. The van der Waals surface area contributed by atoms with Crippen LogP contribution in [0.1, 0.15) is 24.2 Å². The maximum absolute atomic E-state index is 11.5. The molecule has 1 aromatic carbocycles. The van der Waals surface area contributed by atoms with Crippen LogP contribution in [0.3, 0.4) is 0 Å². The highest BCUT2D eigenvalue weighted by molar-refractivity contribution is 7.80. The quantitative estimate of drug-likeness (QED) is 0.417. The average Bonchev–Trinajstić information content (AvgIpc) is 2.44. The van der Waals surface area contributed by atoms with Crippen molar-refractivity contribution in [2.24, 2.45) is 0 Å². The summed E-state index contributed by atoms with van der Waals surface area (Å²) in [6, 6.07) is 6.82. The van der Waals surface area contributed by atoms with E-state index in [1.807, 2.05) is 0 Å². The fourth-order valence-electron chi connectivity index (χ4n) is 1.49. The first-order valence-corrected chi connectivity index (χ1v) is 7.00. The summed E-state index contributed by atoms with van der Waals surface area (Å²) in [4.78, 5) is 22.2.